The van der Waals surface area contributed by atoms with Crippen LogP contribution in [0.3, 0.4) is 0 Å². The third-order valence-electron chi connectivity index (χ3n) is 1.06. The highest BCUT2D eigenvalue weighted by atomic mass is 16.2. The molecular formula is C7H8N2O. The first kappa shape index (κ1) is 6.74. The van der Waals surface area contributed by atoms with Crippen LogP contribution in [0, 0.1) is 0 Å². The van der Waals surface area contributed by atoms with Crippen LogP contribution in [0.1, 0.15) is 5.69 Å². The molecule has 0 amide bonds. The molecule has 1 rings (SSSR count). The van der Waals surface area contributed by atoms with Gasteiger partial charge in [-0.3, -0.25) is 0 Å². The lowest BCUT2D eigenvalue weighted by Gasteiger charge is -1.89. The van der Waals surface area contributed by atoms with Gasteiger partial charge < -0.3 is 5.11 Å². The van der Waals surface area contributed by atoms with E-state index in [1.54, 1.807) is 12.3 Å². The first-order valence-electron chi connectivity index (χ1n) is 2.99. The first-order chi connectivity index (χ1) is 4.93. The Morgan fingerprint density at radius 1 is 1.60 bits per heavy atom. The van der Waals surface area contributed by atoms with Gasteiger partial charge in [0.05, 0.1) is 12.0 Å². The summed E-state index contributed by atoms with van der Waals surface area (Å²) in [5, 5.41) is 15.8. The molecule has 1 heterocycles. The molecule has 3 nitrogen and oxygen atoms in total. The van der Waals surface area contributed by atoms with Crippen LogP contribution >= 0.6 is 0 Å². The second-order valence-electron chi connectivity index (χ2n) is 1.80. The summed E-state index contributed by atoms with van der Waals surface area (Å²) in [5.74, 6) is 0. The minimum absolute atomic E-state index is 0.629. The van der Waals surface area contributed by atoms with Gasteiger partial charge in [-0.15, -0.1) is 0 Å². The summed E-state index contributed by atoms with van der Waals surface area (Å²) >= 11 is 0. The maximum atomic E-state index is 8.30. The second kappa shape index (κ2) is 3.61. The molecule has 0 bridgehead atoms. The normalized spacial score (nSPS) is 10.4. The van der Waals surface area contributed by atoms with E-state index in [-0.39, 0.29) is 0 Å². The van der Waals surface area contributed by atoms with Crippen LogP contribution < -0.4 is 0 Å². The molecular weight excluding hydrogens is 128 g/mol. The number of hydrogen-bond acceptors (Lipinski definition) is 3. The molecule has 1 aromatic heterocycles. The number of aromatic nitrogens is 2. The van der Waals surface area contributed by atoms with E-state index in [2.05, 4.69) is 10.2 Å². The van der Waals surface area contributed by atoms with Gasteiger partial charge in [0.1, 0.15) is 0 Å². The smallest absolute Gasteiger partial charge is 0.0755 e. The quantitative estimate of drug-likeness (QED) is 0.619. The second-order valence-corrected chi connectivity index (χ2v) is 1.80. The molecule has 0 atom stereocenters. The summed E-state index contributed by atoms with van der Waals surface area (Å²) in [6.45, 7) is 0. The maximum absolute atomic E-state index is 8.30. The van der Waals surface area contributed by atoms with Crippen molar-refractivity contribution in [1.82, 2.24) is 10.2 Å². The van der Waals surface area contributed by atoms with Gasteiger partial charge in [-0.1, -0.05) is 0 Å². The molecule has 0 unspecified atom stereocenters. The van der Waals surface area contributed by atoms with Gasteiger partial charge in [-0.25, -0.2) is 0 Å². The highest BCUT2D eigenvalue weighted by Gasteiger charge is 1.86. The van der Waals surface area contributed by atoms with E-state index in [1.165, 1.54) is 0 Å². The topological polar surface area (TPSA) is 46.0 Å². The van der Waals surface area contributed by atoms with Gasteiger partial charge in [0, 0.05) is 12.6 Å². The minimum atomic E-state index is 0.629. The largest absolute Gasteiger partial charge is 0.516 e. The van der Waals surface area contributed by atoms with Crippen molar-refractivity contribution in [2.45, 2.75) is 6.42 Å². The van der Waals surface area contributed by atoms with E-state index in [4.69, 9.17) is 5.11 Å². The lowest BCUT2D eigenvalue weighted by atomic mass is 10.3. The van der Waals surface area contributed by atoms with Crippen molar-refractivity contribution in [3.8, 4) is 0 Å². The van der Waals surface area contributed by atoms with Crippen molar-refractivity contribution in [1.29, 1.82) is 0 Å². The van der Waals surface area contributed by atoms with Gasteiger partial charge >= 0.3 is 0 Å². The molecule has 1 aromatic rings. The van der Waals surface area contributed by atoms with Crippen LogP contribution in [-0.4, -0.2) is 15.3 Å². The Balaban J connectivity index is 2.59. The fraction of sp³-hybridized carbons (Fsp3) is 0.143. The summed E-state index contributed by atoms with van der Waals surface area (Å²) < 4.78 is 0. The third-order valence-corrected chi connectivity index (χ3v) is 1.06. The van der Waals surface area contributed by atoms with E-state index in [9.17, 15) is 0 Å². The van der Waals surface area contributed by atoms with Crippen molar-refractivity contribution in [3.05, 3.63) is 36.4 Å². The molecule has 0 aliphatic rings. The molecule has 3 heteroatoms. The SMILES string of the molecule is OC=CCc1cccnn1. The Hall–Kier alpha value is -1.38. The van der Waals surface area contributed by atoms with Gasteiger partial charge in [0.15, 0.2) is 0 Å². The van der Waals surface area contributed by atoms with E-state index < -0.39 is 0 Å². The molecule has 1 N–H and O–H groups in total. The summed E-state index contributed by atoms with van der Waals surface area (Å²) in [5.41, 5.74) is 0.854. The average Bonchev–Trinajstić information content (AvgIpc) is 2.03. The fourth-order valence-electron chi connectivity index (χ4n) is 0.616. The number of rotatable bonds is 2. The predicted octanol–water partition coefficient (Wildman–Crippen LogP) is 1.09. The summed E-state index contributed by atoms with van der Waals surface area (Å²) in [4.78, 5) is 0. The van der Waals surface area contributed by atoms with Gasteiger partial charge in [-0.2, -0.15) is 10.2 Å². The molecule has 0 aliphatic heterocycles. The zero-order valence-corrected chi connectivity index (χ0v) is 5.44. The van der Waals surface area contributed by atoms with Crippen LogP contribution in [0.2, 0.25) is 0 Å². The van der Waals surface area contributed by atoms with Crippen molar-refractivity contribution in [3.63, 3.8) is 0 Å². The lowest BCUT2D eigenvalue weighted by molar-refractivity contribution is 0.471. The minimum Gasteiger partial charge on any atom is -0.516 e. The fourth-order valence-corrected chi connectivity index (χ4v) is 0.616. The van der Waals surface area contributed by atoms with E-state index in [0.717, 1.165) is 12.0 Å². The third kappa shape index (κ3) is 1.85. The number of allylic oxidation sites excluding steroid dienone is 1. The van der Waals surface area contributed by atoms with Crippen molar-refractivity contribution in [2.75, 3.05) is 0 Å². The summed E-state index contributed by atoms with van der Waals surface area (Å²) in [6, 6.07) is 3.67. The molecule has 52 valence electrons. The lowest BCUT2D eigenvalue weighted by Crippen LogP contribution is -1.87. The molecule has 0 aliphatic carbocycles. The molecule has 0 aromatic carbocycles. The molecule has 0 radical (unpaired) electrons. The number of nitrogens with zero attached hydrogens (tertiary/aromatic N) is 2. The van der Waals surface area contributed by atoms with Crippen molar-refractivity contribution in [2.24, 2.45) is 0 Å². The van der Waals surface area contributed by atoms with Gasteiger partial charge in [0.2, 0.25) is 0 Å². The number of aliphatic hydroxyl groups excluding tert-OH is 1. The molecule has 0 saturated carbocycles. The Kier molecular flexibility index (Phi) is 2.43. The predicted molar refractivity (Wildman–Crippen MR) is 37.5 cm³/mol. The zero-order valence-electron chi connectivity index (χ0n) is 5.44. The zero-order chi connectivity index (χ0) is 7.23. The van der Waals surface area contributed by atoms with Crippen LogP contribution in [0.15, 0.2) is 30.7 Å². The van der Waals surface area contributed by atoms with Crippen LogP contribution in [-0.2, 0) is 6.42 Å². The molecule has 0 fully saturated rings. The number of hydrogen-bond donors (Lipinski definition) is 1. The summed E-state index contributed by atoms with van der Waals surface area (Å²) in [7, 11) is 0. The van der Waals surface area contributed by atoms with Crippen LogP contribution in [0.5, 0.6) is 0 Å². The van der Waals surface area contributed by atoms with Gasteiger partial charge in [0.25, 0.3) is 0 Å². The van der Waals surface area contributed by atoms with Crippen molar-refractivity contribution < 1.29 is 5.11 Å². The van der Waals surface area contributed by atoms with Gasteiger partial charge in [-0.05, 0) is 18.2 Å². The average molecular weight is 136 g/mol. The highest BCUT2D eigenvalue weighted by molar-refractivity contribution is 5.03. The number of aliphatic hydroxyl groups is 1. The molecule has 10 heavy (non-hydrogen) atoms. The molecule has 0 saturated heterocycles. The van der Waals surface area contributed by atoms with Crippen LogP contribution in [0.25, 0.3) is 0 Å². The van der Waals surface area contributed by atoms with E-state index in [1.807, 2.05) is 12.1 Å². The monoisotopic (exact) mass is 136 g/mol. The van der Waals surface area contributed by atoms with E-state index >= 15 is 0 Å². The van der Waals surface area contributed by atoms with Crippen molar-refractivity contribution >= 4 is 0 Å². The Morgan fingerprint density at radius 2 is 2.50 bits per heavy atom. The van der Waals surface area contributed by atoms with E-state index in [0.29, 0.717) is 6.42 Å². The molecule has 0 spiro atoms. The highest BCUT2D eigenvalue weighted by Crippen LogP contribution is 1.92. The Bertz CT molecular complexity index is 208. The standard InChI is InChI=1S/C7H8N2O/c10-6-2-4-7-3-1-5-8-9-7/h1-3,5-6,10H,4H2. The van der Waals surface area contributed by atoms with Crippen LogP contribution in [0.4, 0.5) is 0 Å². The first-order valence-corrected chi connectivity index (χ1v) is 2.99. The Labute approximate surface area is 59.0 Å². The summed E-state index contributed by atoms with van der Waals surface area (Å²) in [6.07, 6.45) is 4.87. The maximum Gasteiger partial charge on any atom is 0.0755 e. The Morgan fingerprint density at radius 3 is 3.10 bits per heavy atom.